The average molecular weight is 491 g/mol. The molecule has 0 unspecified atom stereocenters. The molecule has 3 aromatic rings. The van der Waals surface area contributed by atoms with Crippen LogP contribution in [0.3, 0.4) is 0 Å². The van der Waals surface area contributed by atoms with Gasteiger partial charge in [0.05, 0.1) is 18.8 Å². The number of hydrogen-bond donors (Lipinski definition) is 3. The number of carboxylic acid groups (broad SMARTS) is 1. The Morgan fingerprint density at radius 3 is 2.22 bits per heavy atom. The van der Waals surface area contributed by atoms with Crippen molar-refractivity contribution in [1.29, 1.82) is 0 Å². The lowest BCUT2D eigenvalue weighted by Gasteiger charge is -2.14. The number of aromatic nitrogens is 1. The first kappa shape index (κ1) is 26.9. The number of hydrogen-bond acceptors (Lipinski definition) is 4. The summed E-state index contributed by atoms with van der Waals surface area (Å²) < 4.78 is 5.99. The number of quaternary nitrogens is 1. The third-order valence-electron chi connectivity index (χ3n) is 5.90. The van der Waals surface area contributed by atoms with Crippen LogP contribution in [0.2, 0.25) is 0 Å². The largest absolute Gasteiger partial charge is 0.480 e. The van der Waals surface area contributed by atoms with Crippen LogP contribution < -0.4 is 15.8 Å². The number of amides is 1. The van der Waals surface area contributed by atoms with Gasteiger partial charge in [0.1, 0.15) is 6.04 Å². The molecular weight excluding hydrogens is 454 g/mol. The summed E-state index contributed by atoms with van der Waals surface area (Å²) in [5, 5.41) is 11.9. The SMILES string of the molecule is [NH3+]CCCC[C@H](NC(=O)CCCCCOc1cc(-c2ccccc2)cc(-c2ccccc2)n1)C(=O)O. The molecule has 1 atom stereocenters. The molecule has 0 saturated heterocycles. The van der Waals surface area contributed by atoms with Gasteiger partial charge < -0.3 is 20.9 Å². The third kappa shape index (κ3) is 8.82. The van der Waals surface area contributed by atoms with Crippen LogP contribution in [0.1, 0.15) is 44.9 Å². The van der Waals surface area contributed by atoms with Crippen LogP contribution in [0.5, 0.6) is 5.88 Å². The standard InChI is InChI=1S/C29H35N3O4/c30-18-10-9-16-25(29(34)35)31-27(33)17-8-3-11-19-36-28-21-24(22-12-4-1-5-13-22)20-26(32-28)23-14-6-2-7-15-23/h1-2,4-7,12-15,20-21,25H,3,8-11,16-19,30H2,(H,31,33)(H,34,35)/p+1/t25-/m0/s1. The second kappa shape index (κ2) is 14.6. The van der Waals surface area contributed by atoms with Gasteiger partial charge >= 0.3 is 5.97 Å². The molecule has 7 nitrogen and oxygen atoms in total. The Morgan fingerprint density at radius 2 is 1.56 bits per heavy atom. The molecule has 190 valence electrons. The zero-order valence-corrected chi connectivity index (χ0v) is 20.7. The van der Waals surface area contributed by atoms with E-state index in [0.717, 1.165) is 54.6 Å². The van der Waals surface area contributed by atoms with E-state index in [4.69, 9.17) is 9.72 Å². The van der Waals surface area contributed by atoms with Crippen molar-refractivity contribution in [2.75, 3.05) is 13.2 Å². The highest BCUT2D eigenvalue weighted by molar-refractivity contribution is 5.83. The fraction of sp³-hybridized carbons (Fsp3) is 0.345. The average Bonchev–Trinajstić information content (AvgIpc) is 2.91. The van der Waals surface area contributed by atoms with Crippen LogP contribution >= 0.6 is 0 Å². The van der Waals surface area contributed by atoms with Gasteiger partial charge in [-0.1, -0.05) is 60.7 Å². The molecule has 1 heterocycles. The second-order valence-electron chi connectivity index (χ2n) is 8.78. The molecule has 0 radical (unpaired) electrons. The zero-order chi connectivity index (χ0) is 25.6. The van der Waals surface area contributed by atoms with Gasteiger partial charge in [0, 0.05) is 18.1 Å². The number of carbonyl (C=O) groups excluding carboxylic acids is 1. The maximum absolute atomic E-state index is 12.2. The quantitative estimate of drug-likeness (QED) is 0.274. The lowest BCUT2D eigenvalue weighted by atomic mass is 10.0. The van der Waals surface area contributed by atoms with Crippen LogP contribution in [0, 0.1) is 0 Å². The Labute approximate surface area is 212 Å². The Kier molecular flexibility index (Phi) is 10.9. The lowest BCUT2D eigenvalue weighted by molar-refractivity contribution is -0.368. The predicted octanol–water partition coefficient (Wildman–Crippen LogP) is 4.34. The summed E-state index contributed by atoms with van der Waals surface area (Å²) in [6, 6.07) is 23.4. The molecule has 0 fully saturated rings. The molecule has 2 aromatic carbocycles. The number of ether oxygens (including phenoxy) is 1. The molecule has 0 aliphatic rings. The Hall–Kier alpha value is -3.71. The summed E-state index contributed by atoms with van der Waals surface area (Å²) in [5.74, 6) is -0.636. The molecule has 0 aliphatic carbocycles. The van der Waals surface area contributed by atoms with Crippen LogP contribution in [-0.4, -0.2) is 41.2 Å². The van der Waals surface area contributed by atoms with Gasteiger partial charge in [-0.15, -0.1) is 0 Å². The van der Waals surface area contributed by atoms with E-state index in [2.05, 4.69) is 29.2 Å². The minimum atomic E-state index is -0.985. The van der Waals surface area contributed by atoms with E-state index in [-0.39, 0.29) is 5.91 Å². The van der Waals surface area contributed by atoms with Crippen molar-refractivity contribution >= 4 is 11.9 Å². The van der Waals surface area contributed by atoms with Gasteiger partial charge in [0.25, 0.3) is 0 Å². The van der Waals surface area contributed by atoms with Gasteiger partial charge in [-0.25, -0.2) is 9.78 Å². The van der Waals surface area contributed by atoms with Crippen LogP contribution in [0.15, 0.2) is 72.8 Å². The van der Waals surface area contributed by atoms with Gasteiger partial charge in [0.15, 0.2) is 0 Å². The molecule has 0 bridgehead atoms. The number of pyridine rings is 1. The molecule has 0 saturated carbocycles. The van der Waals surface area contributed by atoms with E-state index >= 15 is 0 Å². The molecule has 1 amide bonds. The summed E-state index contributed by atoms with van der Waals surface area (Å²) in [4.78, 5) is 28.2. The van der Waals surface area contributed by atoms with E-state index in [1.54, 1.807) is 0 Å². The van der Waals surface area contributed by atoms with Crippen molar-refractivity contribution in [3.63, 3.8) is 0 Å². The molecule has 3 rings (SSSR count). The summed E-state index contributed by atoms with van der Waals surface area (Å²) in [6.07, 6.45) is 4.59. The van der Waals surface area contributed by atoms with Crippen molar-refractivity contribution in [3.8, 4) is 28.3 Å². The maximum atomic E-state index is 12.2. The monoisotopic (exact) mass is 490 g/mol. The van der Waals surface area contributed by atoms with E-state index in [0.29, 0.717) is 31.7 Å². The van der Waals surface area contributed by atoms with Crippen LogP contribution in [0.4, 0.5) is 0 Å². The molecule has 5 N–H and O–H groups in total. The number of unbranched alkanes of at least 4 members (excludes halogenated alkanes) is 3. The Morgan fingerprint density at radius 1 is 0.861 bits per heavy atom. The summed E-state index contributed by atoms with van der Waals surface area (Å²) >= 11 is 0. The zero-order valence-electron chi connectivity index (χ0n) is 20.7. The molecule has 0 aliphatic heterocycles. The van der Waals surface area contributed by atoms with Gasteiger partial charge in [-0.2, -0.15) is 0 Å². The Bertz CT molecular complexity index is 1030. The number of aliphatic carboxylic acids is 1. The highest BCUT2D eigenvalue weighted by Crippen LogP contribution is 2.28. The van der Waals surface area contributed by atoms with Crippen molar-refractivity contribution in [2.45, 2.75) is 51.0 Å². The topological polar surface area (TPSA) is 116 Å². The maximum Gasteiger partial charge on any atom is 0.326 e. The summed E-state index contributed by atoms with van der Waals surface area (Å²) in [6.45, 7) is 1.26. The van der Waals surface area contributed by atoms with Crippen LogP contribution in [0.25, 0.3) is 22.4 Å². The van der Waals surface area contributed by atoms with Gasteiger partial charge in [-0.3, -0.25) is 4.79 Å². The Balaban J connectivity index is 1.49. The first-order valence-electron chi connectivity index (χ1n) is 12.6. The van der Waals surface area contributed by atoms with E-state index in [1.807, 2.05) is 54.6 Å². The van der Waals surface area contributed by atoms with Crippen molar-refractivity contribution in [1.82, 2.24) is 10.3 Å². The number of carbonyl (C=O) groups is 2. The second-order valence-corrected chi connectivity index (χ2v) is 8.78. The fourth-order valence-corrected chi connectivity index (χ4v) is 3.92. The van der Waals surface area contributed by atoms with E-state index < -0.39 is 12.0 Å². The number of benzene rings is 2. The number of nitrogens with one attached hydrogen (secondary N) is 1. The number of rotatable bonds is 15. The van der Waals surface area contributed by atoms with Crippen molar-refractivity contribution in [3.05, 3.63) is 72.8 Å². The van der Waals surface area contributed by atoms with Crippen LogP contribution in [-0.2, 0) is 9.59 Å². The molecule has 36 heavy (non-hydrogen) atoms. The van der Waals surface area contributed by atoms with Crippen molar-refractivity contribution in [2.24, 2.45) is 0 Å². The minimum Gasteiger partial charge on any atom is -0.480 e. The summed E-state index contributed by atoms with van der Waals surface area (Å²) in [5.41, 5.74) is 7.78. The van der Waals surface area contributed by atoms with Crippen molar-refractivity contribution < 1.29 is 25.2 Å². The first-order chi connectivity index (χ1) is 17.6. The van der Waals surface area contributed by atoms with Gasteiger partial charge in [-0.05, 0) is 55.7 Å². The first-order valence-corrected chi connectivity index (χ1v) is 12.6. The van der Waals surface area contributed by atoms with Gasteiger partial charge in [0.2, 0.25) is 11.8 Å². The highest BCUT2D eigenvalue weighted by atomic mass is 16.5. The molecule has 7 heteroatoms. The van der Waals surface area contributed by atoms with E-state index in [9.17, 15) is 14.7 Å². The fourth-order valence-electron chi connectivity index (χ4n) is 3.92. The normalized spacial score (nSPS) is 11.6. The predicted molar refractivity (Wildman–Crippen MR) is 140 cm³/mol. The molecule has 1 aromatic heterocycles. The number of nitrogens with zero attached hydrogens (tertiary/aromatic N) is 1. The molecule has 0 spiro atoms. The minimum absolute atomic E-state index is 0.220. The number of carboxylic acids is 1. The highest BCUT2D eigenvalue weighted by Gasteiger charge is 2.19. The molecular formula is C29H36N3O4+. The third-order valence-corrected chi connectivity index (χ3v) is 5.90. The smallest absolute Gasteiger partial charge is 0.326 e. The lowest BCUT2D eigenvalue weighted by Crippen LogP contribution is -2.50. The van der Waals surface area contributed by atoms with E-state index in [1.165, 1.54) is 0 Å². The summed E-state index contributed by atoms with van der Waals surface area (Å²) in [7, 11) is 0.